The van der Waals surface area contributed by atoms with Crippen molar-refractivity contribution in [3.05, 3.63) is 47.5 Å². The van der Waals surface area contributed by atoms with Crippen LogP contribution in [0.1, 0.15) is 100.0 Å². The van der Waals surface area contributed by atoms with Crippen LogP contribution in [0.25, 0.3) is 32.9 Å². The predicted molar refractivity (Wildman–Crippen MR) is 238 cm³/mol. The van der Waals surface area contributed by atoms with Crippen molar-refractivity contribution in [1.29, 1.82) is 0 Å². The number of fused-ring (bicyclic) bond motifs is 7. The average molecular weight is 869 g/mol. The van der Waals surface area contributed by atoms with Crippen molar-refractivity contribution in [3.63, 3.8) is 0 Å². The highest BCUT2D eigenvalue weighted by Crippen LogP contribution is 2.47. The average Bonchev–Trinajstić information content (AvgIpc) is 3.81. The number of pyridine rings is 1. The molecule has 4 fully saturated rings. The summed E-state index contributed by atoms with van der Waals surface area (Å²) in [7, 11) is -2.29. The Labute approximate surface area is 363 Å². The Morgan fingerprint density at radius 2 is 1.74 bits per heavy atom. The minimum absolute atomic E-state index is 0.0338. The lowest BCUT2D eigenvalue weighted by Gasteiger charge is -2.46. The summed E-state index contributed by atoms with van der Waals surface area (Å²) < 4.78 is 67.9. The summed E-state index contributed by atoms with van der Waals surface area (Å²) in [6.45, 7) is 20.7. The second-order valence-electron chi connectivity index (χ2n) is 20.2. The Morgan fingerprint density at radius 3 is 2.47 bits per heavy atom. The number of hydrogen-bond acceptors (Lipinski definition) is 9. The van der Waals surface area contributed by atoms with Crippen LogP contribution in [0.4, 0.5) is 23.8 Å². The minimum Gasteiger partial charge on any atom is -0.475 e. The molecule has 7 heterocycles. The summed E-state index contributed by atoms with van der Waals surface area (Å²) in [6, 6.07) is 7.67. The van der Waals surface area contributed by atoms with Gasteiger partial charge < -0.3 is 19.1 Å². The van der Waals surface area contributed by atoms with E-state index in [4.69, 9.17) is 29.2 Å². The van der Waals surface area contributed by atoms with E-state index in [1.165, 1.54) is 6.07 Å². The maximum atomic E-state index is 17.8. The van der Waals surface area contributed by atoms with Gasteiger partial charge in [-0.15, -0.1) is 5.54 Å². The molecule has 2 bridgehead atoms. The summed E-state index contributed by atoms with van der Waals surface area (Å²) in [5.74, 6) is 2.67. The number of nitrogens with zero attached hydrogens (tertiary/aromatic N) is 6. The summed E-state index contributed by atoms with van der Waals surface area (Å²) in [6.07, 6.45) is 2.21. The van der Waals surface area contributed by atoms with Crippen molar-refractivity contribution < 1.29 is 32.2 Å². The third kappa shape index (κ3) is 6.96. The highest BCUT2D eigenvalue weighted by atomic mass is 28.3. The van der Waals surface area contributed by atoms with Gasteiger partial charge in [-0.1, -0.05) is 71.7 Å². The van der Waals surface area contributed by atoms with E-state index in [1.54, 1.807) is 18.2 Å². The molecule has 0 spiro atoms. The largest absolute Gasteiger partial charge is 0.475 e. The Balaban J connectivity index is 1.21. The van der Waals surface area contributed by atoms with Crippen molar-refractivity contribution in [3.8, 4) is 34.6 Å². The number of carbonyl (C=O) groups is 1. The number of piperazine rings is 1. The Hall–Kier alpha value is -4.61. The molecule has 0 saturated carbocycles. The second kappa shape index (κ2) is 15.6. The van der Waals surface area contributed by atoms with Crippen LogP contribution >= 0.6 is 0 Å². The van der Waals surface area contributed by atoms with Crippen LogP contribution in [0.3, 0.4) is 0 Å². The topological polar surface area (TPSA) is 93.2 Å². The molecule has 0 aliphatic carbocycles. The lowest BCUT2D eigenvalue weighted by Crippen LogP contribution is -2.63. The first kappa shape index (κ1) is 42.7. The first-order chi connectivity index (χ1) is 29.4. The van der Waals surface area contributed by atoms with Crippen molar-refractivity contribution >= 4 is 41.7 Å². The summed E-state index contributed by atoms with van der Waals surface area (Å²) >= 11 is 0. The van der Waals surface area contributed by atoms with Gasteiger partial charge in [0.25, 0.3) is 0 Å². The minimum atomic E-state index is -2.29. The van der Waals surface area contributed by atoms with Gasteiger partial charge >= 0.3 is 12.1 Å². The maximum absolute atomic E-state index is 17.8. The zero-order chi connectivity index (χ0) is 44.0. The van der Waals surface area contributed by atoms with E-state index in [0.717, 1.165) is 32.2 Å². The molecule has 1 amide bonds. The monoisotopic (exact) mass is 868 g/mol. The molecule has 330 valence electrons. The summed E-state index contributed by atoms with van der Waals surface area (Å²) in [5.41, 5.74) is 3.93. The van der Waals surface area contributed by atoms with Crippen molar-refractivity contribution in [2.45, 2.75) is 146 Å². The third-order valence-corrected chi connectivity index (χ3v) is 20.8. The lowest BCUT2D eigenvalue weighted by molar-refractivity contribution is 0.00537. The standard InChI is InChI=1S/C48H59F3N6O4Si/c1-27(2)62(28(3)4,29(5)6)21-18-33-35(50)16-14-30-12-10-13-34(38(30)33)41-40(51)42-39-43(54-45(53-42)60-26-48-19-11-20-55(48)23-31(49)22-48)56-24-32-15-17-36(37(56)25-59-44(39)52-41)57(32)46(58)61-47(7,8)9/h10,12-14,16,27-29,31-32,36-37H,11,15,17,19-20,22-26H2,1-9H3/t31-,32+,36-,37-,48+/m1/s1. The molecule has 0 unspecified atom stereocenters. The van der Waals surface area contributed by atoms with Crippen molar-refractivity contribution in [2.24, 2.45) is 0 Å². The van der Waals surface area contributed by atoms with Gasteiger partial charge in [-0.25, -0.2) is 22.9 Å². The van der Waals surface area contributed by atoms with E-state index in [1.807, 2.05) is 31.7 Å². The number of amides is 1. The molecule has 10 nitrogen and oxygen atoms in total. The van der Waals surface area contributed by atoms with E-state index in [9.17, 15) is 9.18 Å². The maximum Gasteiger partial charge on any atom is 0.410 e. The predicted octanol–water partition coefficient (Wildman–Crippen LogP) is 10.00. The molecular formula is C48H59F3N6O4Si. The van der Waals surface area contributed by atoms with E-state index in [0.29, 0.717) is 63.7 Å². The lowest BCUT2D eigenvalue weighted by atomic mass is 9.95. The van der Waals surface area contributed by atoms with Crippen LogP contribution in [0.2, 0.25) is 16.6 Å². The number of carbonyl (C=O) groups excluding carboxylic acids is 1. The van der Waals surface area contributed by atoms with Crippen LogP contribution in [0.15, 0.2) is 30.3 Å². The normalized spacial score (nSPS) is 24.7. The van der Waals surface area contributed by atoms with Crippen molar-refractivity contribution in [2.75, 3.05) is 37.7 Å². The first-order valence-electron chi connectivity index (χ1n) is 22.5. The molecular weight excluding hydrogens is 810 g/mol. The molecule has 5 aliphatic rings. The van der Waals surface area contributed by atoms with Crippen LogP contribution in [-0.4, -0.2) is 107 Å². The van der Waals surface area contributed by atoms with Crippen molar-refractivity contribution in [1.82, 2.24) is 24.8 Å². The molecule has 4 saturated heterocycles. The highest BCUT2D eigenvalue weighted by Gasteiger charge is 2.53. The molecule has 9 rings (SSSR count). The number of aromatic nitrogens is 3. The highest BCUT2D eigenvalue weighted by molar-refractivity contribution is 6.90. The third-order valence-electron chi connectivity index (χ3n) is 14.5. The number of rotatable bonds is 7. The number of hydrogen-bond donors (Lipinski definition) is 0. The number of anilines is 1. The molecule has 2 aromatic heterocycles. The van der Waals surface area contributed by atoms with Crippen LogP contribution < -0.4 is 14.4 Å². The van der Waals surface area contributed by atoms with E-state index < -0.39 is 37.0 Å². The molecule has 0 N–H and O–H groups in total. The van der Waals surface area contributed by atoms with Gasteiger partial charge in [0.1, 0.15) is 61.3 Å². The van der Waals surface area contributed by atoms with Crippen LogP contribution in [0.5, 0.6) is 11.9 Å². The van der Waals surface area contributed by atoms with Gasteiger partial charge in [0.15, 0.2) is 5.82 Å². The van der Waals surface area contributed by atoms with Crippen LogP contribution in [0, 0.1) is 23.1 Å². The first-order valence-corrected chi connectivity index (χ1v) is 24.7. The zero-order valence-electron chi connectivity index (χ0n) is 37.4. The number of ether oxygens (including phenoxy) is 3. The van der Waals surface area contributed by atoms with E-state index >= 15 is 8.78 Å². The molecule has 0 radical (unpaired) electrons. The molecule has 4 aromatic rings. The van der Waals surface area contributed by atoms with E-state index in [2.05, 4.69) is 62.8 Å². The van der Waals surface area contributed by atoms with Gasteiger partial charge in [-0.3, -0.25) is 9.80 Å². The fourth-order valence-corrected chi connectivity index (χ4v) is 17.0. The molecule has 5 atom stereocenters. The Kier molecular flexibility index (Phi) is 10.7. The van der Waals surface area contributed by atoms with Crippen LogP contribution in [-0.2, 0) is 4.74 Å². The van der Waals surface area contributed by atoms with Gasteiger partial charge in [0.2, 0.25) is 5.88 Å². The zero-order valence-corrected chi connectivity index (χ0v) is 38.4. The fraction of sp³-hybridized carbons (Fsp3) is 0.583. The fourth-order valence-electron chi connectivity index (χ4n) is 11.8. The van der Waals surface area contributed by atoms with Gasteiger partial charge in [-0.2, -0.15) is 9.97 Å². The molecule has 14 heteroatoms. The second-order valence-corrected chi connectivity index (χ2v) is 25.8. The molecule has 5 aliphatic heterocycles. The number of halogens is 3. The smallest absolute Gasteiger partial charge is 0.410 e. The molecule has 62 heavy (non-hydrogen) atoms. The van der Waals surface area contributed by atoms with E-state index in [-0.39, 0.29) is 66.1 Å². The summed E-state index contributed by atoms with van der Waals surface area (Å²) in [5, 5.41) is 1.45. The van der Waals surface area contributed by atoms with Gasteiger partial charge in [0.05, 0.1) is 29.2 Å². The molecule has 2 aromatic carbocycles. The Morgan fingerprint density at radius 1 is 0.984 bits per heavy atom. The van der Waals surface area contributed by atoms with Gasteiger partial charge in [-0.05, 0) is 81.1 Å². The SMILES string of the molecule is CC(C)[Si](C#Cc1c(F)ccc2cccc(-c3nc4c5c(nc(OC[C@@]67CCCN6C[C@H](F)C7)nc5c3F)N3C[C@@H]5CC[C@H]([C@H]3CO4)N5C(=O)OC(C)(C)C)c12)(C(C)C)C(C)C. The number of benzene rings is 2. The number of alkyl halides is 1. The quantitative estimate of drug-likeness (QED) is 0.133. The Bertz CT molecular complexity index is 2480. The summed E-state index contributed by atoms with van der Waals surface area (Å²) in [4.78, 5) is 34.5. The van der Waals surface area contributed by atoms with Gasteiger partial charge in [0, 0.05) is 30.5 Å².